The van der Waals surface area contributed by atoms with Gasteiger partial charge in [0.1, 0.15) is 0 Å². The molecule has 5 N–H and O–H groups in total. The summed E-state index contributed by atoms with van der Waals surface area (Å²) in [5.74, 6) is -0.265. The van der Waals surface area contributed by atoms with Crippen LogP contribution in [0.5, 0.6) is 0 Å². The fourth-order valence-corrected chi connectivity index (χ4v) is 1.52. The lowest BCUT2D eigenvalue weighted by molar-refractivity contribution is -0.118. The Morgan fingerprint density at radius 1 is 1.28 bits per heavy atom. The lowest BCUT2D eigenvalue weighted by Gasteiger charge is -2.09. The number of amides is 2. The van der Waals surface area contributed by atoms with Crippen LogP contribution in [0.4, 0.5) is 5.69 Å². The maximum Gasteiger partial charge on any atom is 0.224 e. The summed E-state index contributed by atoms with van der Waals surface area (Å²) in [7, 11) is 0. The van der Waals surface area contributed by atoms with Crippen LogP contribution in [-0.2, 0) is 16.0 Å². The van der Waals surface area contributed by atoms with Crippen LogP contribution in [0.15, 0.2) is 24.3 Å². The molecule has 0 aliphatic carbocycles. The first-order chi connectivity index (χ1) is 8.51. The molecule has 98 valence electrons. The molecule has 1 atom stereocenters. The van der Waals surface area contributed by atoms with Gasteiger partial charge in [-0.15, -0.1) is 0 Å². The second kappa shape index (κ2) is 6.76. The summed E-state index contributed by atoms with van der Waals surface area (Å²) >= 11 is 0. The third kappa shape index (κ3) is 4.97. The molecule has 0 aromatic heterocycles. The molecule has 0 aliphatic rings. The predicted molar refractivity (Wildman–Crippen MR) is 70.8 cm³/mol. The topological polar surface area (TPSA) is 98.2 Å². The molecule has 0 bridgehead atoms. The van der Waals surface area contributed by atoms with E-state index >= 15 is 0 Å². The van der Waals surface area contributed by atoms with Gasteiger partial charge in [-0.2, -0.15) is 0 Å². The molecule has 18 heavy (non-hydrogen) atoms. The van der Waals surface area contributed by atoms with Crippen molar-refractivity contribution in [1.82, 2.24) is 0 Å². The molecule has 1 rings (SSSR count). The molecule has 5 heteroatoms. The number of carbonyl (C=O) groups is 2. The number of nitrogens with two attached hydrogens (primary N) is 2. The standard InChI is InChI=1S/C13H19N3O2/c1-9(8-14)6-13(18)16-11-4-2-10(3-5-11)7-12(15)17/h2-5,9H,6-8,14H2,1H3,(H2,15,17)(H,16,18). The van der Waals surface area contributed by atoms with E-state index in [1.165, 1.54) is 0 Å². The Morgan fingerprint density at radius 3 is 2.39 bits per heavy atom. The van der Waals surface area contributed by atoms with E-state index in [0.29, 0.717) is 18.7 Å². The van der Waals surface area contributed by atoms with E-state index in [0.717, 1.165) is 5.56 Å². The van der Waals surface area contributed by atoms with Crippen LogP contribution in [0.1, 0.15) is 18.9 Å². The zero-order chi connectivity index (χ0) is 13.5. The zero-order valence-corrected chi connectivity index (χ0v) is 10.5. The third-order valence-corrected chi connectivity index (χ3v) is 2.55. The van der Waals surface area contributed by atoms with E-state index < -0.39 is 0 Å². The lowest BCUT2D eigenvalue weighted by Crippen LogP contribution is -2.20. The predicted octanol–water partition coefficient (Wildman–Crippen LogP) is 0.638. The molecular weight excluding hydrogens is 230 g/mol. The second-order valence-corrected chi connectivity index (χ2v) is 4.43. The van der Waals surface area contributed by atoms with Crippen LogP contribution in [0.25, 0.3) is 0 Å². The molecule has 5 nitrogen and oxygen atoms in total. The third-order valence-electron chi connectivity index (χ3n) is 2.55. The SMILES string of the molecule is CC(CN)CC(=O)Nc1ccc(CC(N)=O)cc1. The molecule has 1 unspecified atom stereocenters. The normalized spacial score (nSPS) is 11.9. The van der Waals surface area contributed by atoms with Gasteiger partial charge in [-0.25, -0.2) is 0 Å². The van der Waals surface area contributed by atoms with Crippen molar-refractivity contribution in [2.24, 2.45) is 17.4 Å². The van der Waals surface area contributed by atoms with Gasteiger partial charge < -0.3 is 16.8 Å². The maximum atomic E-state index is 11.6. The van der Waals surface area contributed by atoms with Crippen LogP contribution in [-0.4, -0.2) is 18.4 Å². The number of benzene rings is 1. The summed E-state index contributed by atoms with van der Waals surface area (Å²) in [6, 6.07) is 7.05. The van der Waals surface area contributed by atoms with Gasteiger partial charge in [-0.05, 0) is 30.2 Å². The minimum atomic E-state index is -0.372. The highest BCUT2D eigenvalue weighted by atomic mass is 16.1. The summed E-state index contributed by atoms with van der Waals surface area (Å²) in [4.78, 5) is 22.3. The van der Waals surface area contributed by atoms with Gasteiger partial charge in [-0.3, -0.25) is 9.59 Å². The minimum Gasteiger partial charge on any atom is -0.369 e. The van der Waals surface area contributed by atoms with Crippen molar-refractivity contribution >= 4 is 17.5 Å². The molecule has 0 saturated carbocycles. The van der Waals surface area contributed by atoms with Crippen LogP contribution in [0.3, 0.4) is 0 Å². The van der Waals surface area contributed by atoms with E-state index in [1.54, 1.807) is 24.3 Å². The highest BCUT2D eigenvalue weighted by molar-refractivity contribution is 5.90. The van der Waals surface area contributed by atoms with Gasteiger partial charge in [0, 0.05) is 12.1 Å². The van der Waals surface area contributed by atoms with Gasteiger partial charge >= 0.3 is 0 Å². The minimum absolute atomic E-state index is 0.0596. The number of anilines is 1. The first-order valence-corrected chi connectivity index (χ1v) is 5.88. The first-order valence-electron chi connectivity index (χ1n) is 5.88. The van der Waals surface area contributed by atoms with Gasteiger partial charge in [0.15, 0.2) is 0 Å². The van der Waals surface area contributed by atoms with Crippen molar-refractivity contribution in [3.05, 3.63) is 29.8 Å². The summed E-state index contributed by atoms with van der Waals surface area (Å²) in [5, 5.41) is 2.78. The second-order valence-electron chi connectivity index (χ2n) is 4.43. The highest BCUT2D eigenvalue weighted by Gasteiger charge is 2.07. The van der Waals surface area contributed by atoms with Gasteiger partial charge in [-0.1, -0.05) is 19.1 Å². The van der Waals surface area contributed by atoms with Crippen molar-refractivity contribution in [2.75, 3.05) is 11.9 Å². The Labute approximate surface area is 107 Å². The average molecular weight is 249 g/mol. The van der Waals surface area contributed by atoms with Gasteiger partial charge in [0.2, 0.25) is 11.8 Å². The van der Waals surface area contributed by atoms with E-state index in [9.17, 15) is 9.59 Å². The van der Waals surface area contributed by atoms with E-state index in [2.05, 4.69) is 5.32 Å². The molecule has 2 amide bonds. The Morgan fingerprint density at radius 2 is 1.89 bits per heavy atom. The van der Waals surface area contributed by atoms with Gasteiger partial charge in [0.25, 0.3) is 0 Å². The molecule has 0 aliphatic heterocycles. The molecular formula is C13H19N3O2. The van der Waals surface area contributed by atoms with Crippen molar-refractivity contribution in [3.63, 3.8) is 0 Å². The smallest absolute Gasteiger partial charge is 0.224 e. The fourth-order valence-electron chi connectivity index (χ4n) is 1.52. The van der Waals surface area contributed by atoms with E-state index in [4.69, 9.17) is 11.5 Å². The first kappa shape index (κ1) is 14.2. The van der Waals surface area contributed by atoms with Crippen molar-refractivity contribution < 1.29 is 9.59 Å². The monoisotopic (exact) mass is 249 g/mol. The molecule has 0 spiro atoms. The number of carbonyl (C=O) groups excluding carboxylic acids is 2. The number of hydrogen-bond acceptors (Lipinski definition) is 3. The Balaban J connectivity index is 2.53. The number of primary amides is 1. The largest absolute Gasteiger partial charge is 0.369 e. The molecule has 0 saturated heterocycles. The fraction of sp³-hybridized carbons (Fsp3) is 0.385. The molecule has 0 fully saturated rings. The Hall–Kier alpha value is -1.88. The Bertz CT molecular complexity index is 415. The lowest BCUT2D eigenvalue weighted by atomic mass is 10.1. The average Bonchev–Trinajstić information content (AvgIpc) is 2.30. The summed E-state index contributed by atoms with van der Waals surface area (Å²) in [6.07, 6.45) is 0.609. The molecule has 0 heterocycles. The highest BCUT2D eigenvalue weighted by Crippen LogP contribution is 2.11. The summed E-state index contributed by atoms with van der Waals surface area (Å²) in [5.41, 5.74) is 12.1. The number of rotatable bonds is 6. The summed E-state index contributed by atoms with van der Waals surface area (Å²) in [6.45, 7) is 2.42. The summed E-state index contributed by atoms with van der Waals surface area (Å²) < 4.78 is 0. The van der Waals surface area contributed by atoms with Crippen molar-refractivity contribution in [3.8, 4) is 0 Å². The maximum absolute atomic E-state index is 11.6. The quantitative estimate of drug-likeness (QED) is 0.690. The van der Waals surface area contributed by atoms with Gasteiger partial charge in [0.05, 0.1) is 6.42 Å². The van der Waals surface area contributed by atoms with E-state index in [1.807, 2.05) is 6.92 Å². The van der Waals surface area contributed by atoms with Crippen LogP contribution in [0.2, 0.25) is 0 Å². The van der Waals surface area contributed by atoms with Crippen LogP contribution < -0.4 is 16.8 Å². The van der Waals surface area contributed by atoms with Crippen molar-refractivity contribution in [1.29, 1.82) is 0 Å². The molecule has 0 radical (unpaired) electrons. The number of nitrogens with one attached hydrogen (secondary N) is 1. The number of hydrogen-bond donors (Lipinski definition) is 3. The van der Waals surface area contributed by atoms with E-state index in [-0.39, 0.29) is 24.2 Å². The zero-order valence-electron chi connectivity index (χ0n) is 10.5. The van der Waals surface area contributed by atoms with Crippen molar-refractivity contribution in [2.45, 2.75) is 19.8 Å². The van der Waals surface area contributed by atoms with Crippen LogP contribution in [0, 0.1) is 5.92 Å². The molecule has 1 aromatic carbocycles. The Kier molecular flexibility index (Phi) is 5.32. The van der Waals surface area contributed by atoms with Crippen LogP contribution >= 0.6 is 0 Å². The molecule has 1 aromatic rings.